The van der Waals surface area contributed by atoms with Crippen LogP contribution in [0.1, 0.15) is 38.5 Å². The Labute approximate surface area is 124 Å². The lowest BCUT2D eigenvalue weighted by atomic mass is 9.77. The first-order chi connectivity index (χ1) is 10.1. The molecule has 1 unspecified atom stereocenters. The Bertz CT molecular complexity index is 392. The number of morpholine rings is 1. The van der Waals surface area contributed by atoms with Gasteiger partial charge in [0.15, 0.2) is 5.84 Å². The number of hydrogen-bond acceptors (Lipinski definition) is 5. The summed E-state index contributed by atoms with van der Waals surface area (Å²) in [7, 11) is 0. The highest BCUT2D eigenvalue weighted by Gasteiger charge is 2.46. The fourth-order valence-electron chi connectivity index (χ4n) is 3.32. The summed E-state index contributed by atoms with van der Waals surface area (Å²) in [5, 5.41) is 21.5. The van der Waals surface area contributed by atoms with E-state index in [-0.39, 0.29) is 24.5 Å². The maximum absolute atomic E-state index is 13.0. The maximum atomic E-state index is 13.0. The first-order valence-electron chi connectivity index (χ1n) is 7.64. The number of aliphatic hydroxyl groups excluding tert-OH is 1. The fraction of sp³-hybridized carbons (Fsp3) is 0.857. The second-order valence-corrected chi connectivity index (χ2v) is 5.91. The van der Waals surface area contributed by atoms with E-state index in [1.54, 1.807) is 4.90 Å². The van der Waals surface area contributed by atoms with Crippen molar-refractivity contribution >= 4 is 11.7 Å². The van der Waals surface area contributed by atoms with Crippen molar-refractivity contribution < 1.29 is 19.8 Å². The Balaban J connectivity index is 2.21. The van der Waals surface area contributed by atoms with E-state index in [0.29, 0.717) is 32.5 Å². The van der Waals surface area contributed by atoms with Crippen molar-refractivity contribution in [3.8, 4) is 0 Å². The van der Waals surface area contributed by atoms with E-state index in [0.717, 1.165) is 25.7 Å². The molecule has 4 N–H and O–H groups in total. The molecule has 2 rings (SSSR count). The van der Waals surface area contributed by atoms with E-state index in [2.05, 4.69) is 5.16 Å². The van der Waals surface area contributed by atoms with Crippen LogP contribution in [-0.4, -0.2) is 59.4 Å². The lowest BCUT2D eigenvalue weighted by Gasteiger charge is -2.39. The molecule has 1 amide bonds. The summed E-state index contributed by atoms with van der Waals surface area (Å²) >= 11 is 0. The zero-order chi connectivity index (χ0) is 15.3. The lowest BCUT2D eigenvalue weighted by Crippen LogP contribution is -2.56. The summed E-state index contributed by atoms with van der Waals surface area (Å²) in [6, 6.07) is 0. The van der Waals surface area contributed by atoms with Crippen LogP contribution in [0.4, 0.5) is 0 Å². The standard InChI is InChI=1S/C14H25N3O4/c15-12(16-20)14(5-3-1-2-4-6-14)13(19)17-7-8-21-11(9-17)10-18/h11,18,20H,1-10H2,(H2,15,16). The first-order valence-corrected chi connectivity index (χ1v) is 7.64. The SMILES string of the molecule is NC(=NO)C1(C(=O)N2CCOC(CO)C2)CCCCCC1. The van der Waals surface area contributed by atoms with Crippen molar-refractivity contribution in [3.05, 3.63) is 0 Å². The van der Waals surface area contributed by atoms with Gasteiger partial charge in [-0.3, -0.25) is 4.79 Å². The number of hydrogen-bond donors (Lipinski definition) is 3. The minimum absolute atomic E-state index is 0.0152. The first kappa shape index (κ1) is 16.0. The molecule has 0 aromatic carbocycles. The smallest absolute Gasteiger partial charge is 0.236 e. The molecule has 7 heteroatoms. The second-order valence-electron chi connectivity index (χ2n) is 5.91. The molecule has 1 atom stereocenters. The van der Waals surface area contributed by atoms with Gasteiger partial charge in [-0.05, 0) is 12.8 Å². The quantitative estimate of drug-likeness (QED) is 0.228. The minimum atomic E-state index is -0.900. The van der Waals surface area contributed by atoms with Gasteiger partial charge in [-0.1, -0.05) is 30.8 Å². The molecular formula is C14H25N3O4. The van der Waals surface area contributed by atoms with Gasteiger partial charge in [-0.2, -0.15) is 0 Å². The number of oxime groups is 1. The molecule has 120 valence electrons. The topological polar surface area (TPSA) is 108 Å². The number of rotatable bonds is 3. The van der Waals surface area contributed by atoms with Crippen molar-refractivity contribution in [3.63, 3.8) is 0 Å². The van der Waals surface area contributed by atoms with E-state index in [9.17, 15) is 9.90 Å². The Kier molecular flexibility index (Phi) is 5.41. The number of ether oxygens (including phenoxy) is 1. The van der Waals surface area contributed by atoms with Crippen LogP contribution in [0.15, 0.2) is 5.16 Å². The monoisotopic (exact) mass is 299 g/mol. The summed E-state index contributed by atoms with van der Waals surface area (Å²) in [4.78, 5) is 14.7. The molecule has 0 bridgehead atoms. The van der Waals surface area contributed by atoms with Crippen LogP contribution in [0.2, 0.25) is 0 Å². The summed E-state index contributed by atoms with van der Waals surface area (Å²) in [5.41, 5.74) is 5.00. The van der Waals surface area contributed by atoms with Crippen molar-refractivity contribution in [2.75, 3.05) is 26.3 Å². The van der Waals surface area contributed by atoms with Gasteiger partial charge < -0.3 is 25.7 Å². The van der Waals surface area contributed by atoms with Gasteiger partial charge in [-0.25, -0.2) is 0 Å². The molecule has 1 aliphatic heterocycles. The third kappa shape index (κ3) is 3.29. The zero-order valence-electron chi connectivity index (χ0n) is 12.3. The Morgan fingerprint density at radius 3 is 2.57 bits per heavy atom. The second kappa shape index (κ2) is 7.09. The van der Waals surface area contributed by atoms with Gasteiger partial charge in [0.05, 0.1) is 19.3 Å². The maximum Gasteiger partial charge on any atom is 0.236 e. The van der Waals surface area contributed by atoms with Gasteiger partial charge in [-0.15, -0.1) is 0 Å². The summed E-state index contributed by atoms with van der Waals surface area (Å²) < 4.78 is 5.38. The summed E-state index contributed by atoms with van der Waals surface area (Å²) in [5.74, 6) is -0.0807. The van der Waals surface area contributed by atoms with E-state index in [1.807, 2.05) is 0 Å². The van der Waals surface area contributed by atoms with E-state index < -0.39 is 5.41 Å². The lowest BCUT2D eigenvalue weighted by molar-refractivity contribution is -0.148. The molecule has 1 saturated heterocycles. The Morgan fingerprint density at radius 1 is 1.33 bits per heavy atom. The van der Waals surface area contributed by atoms with Crippen molar-refractivity contribution in [2.24, 2.45) is 16.3 Å². The van der Waals surface area contributed by atoms with E-state index >= 15 is 0 Å². The molecule has 0 aromatic rings. The van der Waals surface area contributed by atoms with E-state index in [4.69, 9.17) is 15.7 Å². The molecule has 0 radical (unpaired) electrons. The molecule has 2 aliphatic rings. The molecule has 1 aliphatic carbocycles. The highest BCUT2D eigenvalue weighted by atomic mass is 16.5. The molecule has 1 saturated carbocycles. The number of amides is 1. The number of nitrogens with two attached hydrogens (primary N) is 1. The molecular weight excluding hydrogens is 274 g/mol. The molecule has 21 heavy (non-hydrogen) atoms. The van der Waals surface area contributed by atoms with Crippen molar-refractivity contribution in [2.45, 2.75) is 44.6 Å². The number of amidine groups is 1. The highest BCUT2D eigenvalue weighted by molar-refractivity contribution is 6.06. The average molecular weight is 299 g/mol. The summed E-state index contributed by atoms with van der Waals surface area (Å²) in [6.07, 6.45) is 4.81. The average Bonchev–Trinajstić information content (AvgIpc) is 2.80. The van der Waals surface area contributed by atoms with Crippen LogP contribution in [0, 0.1) is 5.41 Å². The van der Waals surface area contributed by atoms with Gasteiger partial charge in [0, 0.05) is 13.1 Å². The van der Waals surface area contributed by atoms with Crippen LogP contribution in [0.25, 0.3) is 0 Å². The predicted molar refractivity (Wildman–Crippen MR) is 76.9 cm³/mol. The molecule has 7 nitrogen and oxygen atoms in total. The Hall–Kier alpha value is -1.34. The van der Waals surface area contributed by atoms with E-state index in [1.165, 1.54) is 0 Å². The van der Waals surface area contributed by atoms with Gasteiger partial charge >= 0.3 is 0 Å². The van der Waals surface area contributed by atoms with Crippen LogP contribution >= 0.6 is 0 Å². The van der Waals surface area contributed by atoms with Crippen LogP contribution in [0.5, 0.6) is 0 Å². The van der Waals surface area contributed by atoms with Crippen LogP contribution in [0.3, 0.4) is 0 Å². The minimum Gasteiger partial charge on any atom is -0.409 e. The third-order valence-electron chi connectivity index (χ3n) is 4.59. The Morgan fingerprint density at radius 2 is 2.00 bits per heavy atom. The largest absolute Gasteiger partial charge is 0.409 e. The van der Waals surface area contributed by atoms with Gasteiger partial charge in [0.25, 0.3) is 0 Å². The normalized spacial score (nSPS) is 27.2. The molecule has 1 heterocycles. The van der Waals surface area contributed by atoms with Crippen molar-refractivity contribution in [1.29, 1.82) is 0 Å². The van der Waals surface area contributed by atoms with Crippen LogP contribution in [-0.2, 0) is 9.53 Å². The number of nitrogens with zero attached hydrogens (tertiary/aromatic N) is 2. The number of aliphatic hydroxyl groups is 1. The molecule has 0 aromatic heterocycles. The zero-order valence-corrected chi connectivity index (χ0v) is 12.3. The van der Waals surface area contributed by atoms with Crippen LogP contribution < -0.4 is 5.73 Å². The predicted octanol–water partition coefficient (Wildman–Crippen LogP) is 0.293. The number of carbonyl (C=O) groups is 1. The fourth-order valence-corrected chi connectivity index (χ4v) is 3.32. The third-order valence-corrected chi connectivity index (χ3v) is 4.59. The molecule has 0 spiro atoms. The number of carbonyl (C=O) groups excluding carboxylic acids is 1. The summed E-state index contributed by atoms with van der Waals surface area (Å²) in [6.45, 7) is 1.13. The van der Waals surface area contributed by atoms with Crippen molar-refractivity contribution in [1.82, 2.24) is 4.90 Å². The van der Waals surface area contributed by atoms with Gasteiger partial charge in [0.1, 0.15) is 5.41 Å². The molecule has 2 fully saturated rings. The highest BCUT2D eigenvalue weighted by Crippen LogP contribution is 2.37. The van der Waals surface area contributed by atoms with Gasteiger partial charge in [0.2, 0.25) is 5.91 Å².